The third-order valence-electron chi connectivity index (χ3n) is 5.58. The predicted octanol–water partition coefficient (Wildman–Crippen LogP) is 3.08. The van der Waals surface area contributed by atoms with Gasteiger partial charge < -0.3 is 25.0 Å². The molecule has 0 fully saturated rings. The lowest BCUT2D eigenvalue weighted by Gasteiger charge is -2.35. The standard InChI is InChI=1S/C23H23N5O8S/c1-13-19(22(30)36-9-8-35-3)20(25-23(37)26(13)2)14-4-6-16(7-5-14)24-21(29)15-10-17(27(31)32)12-18(11-15)28(33)34/h4-7,10-12,20H,8-9H2,1-3H3,(H,24,29)(H,25,37). The van der Waals surface area contributed by atoms with Crippen LogP contribution in [0, 0.1) is 20.2 Å². The maximum Gasteiger partial charge on any atom is 0.338 e. The van der Waals surface area contributed by atoms with E-state index in [0.717, 1.165) is 18.2 Å². The molecule has 1 aliphatic rings. The zero-order chi connectivity index (χ0) is 27.3. The lowest BCUT2D eigenvalue weighted by molar-refractivity contribution is -0.394. The van der Waals surface area contributed by atoms with Crippen molar-refractivity contribution in [2.45, 2.75) is 13.0 Å². The van der Waals surface area contributed by atoms with Crippen LogP contribution in [0.25, 0.3) is 0 Å². The fraction of sp³-hybridized carbons (Fsp3) is 0.261. The van der Waals surface area contributed by atoms with E-state index >= 15 is 0 Å². The maximum absolute atomic E-state index is 12.8. The van der Waals surface area contributed by atoms with E-state index in [1.807, 2.05) is 0 Å². The molecule has 13 nitrogen and oxygen atoms in total. The quantitative estimate of drug-likeness (QED) is 0.161. The van der Waals surface area contributed by atoms with Crippen LogP contribution < -0.4 is 10.6 Å². The highest BCUT2D eigenvalue weighted by molar-refractivity contribution is 7.80. The molecular weight excluding hydrogens is 506 g/mol. The van der Waals surface area contributed by atoms with Gasteiger partial charge in [-0.1, -0.05) is 12.1 Å². The van der Waals surface area contributed by atoms with Crippen LogP contribution in [-0.2, 0) is 14.3 Å². The molecule has 0 aromatic heterocycles. The van der Waals surface area contributed by atoms with E-state index in [9.17, 15) is 29.8 Å². The summed E-state index contributed by atoms with van der Waals surface area (Å²) in [4.78, 5) is 47.7. The van der Waals surface area contributed by atoms with E-state index in [2.05, 4.69) is 10.6 Å². The summed E-state index contributed by atoms with van der Waals surface area (Å²) < 4.78 is 10.2. The van der Waals surface area contributed by atoms with E-state index in [1.54, 1.807) is 43.1 Å². The van der Waals surface area contributed by atoms with E-state index in [-0.39, 0.29) is 18.8 Å². The van der Waals surface area contributed by atoms with Crippen LogP contribution in [-0.4, -0.2) is 59.1 Å². The Hall–Kier alpha value is -4.43. The molecule has 0 saturated carbocycles. The second-order valence-electron chi connectivity index (χ2n) is 7.90. The molecule has 194 valence electrons. The van der Waals surface area contributed by atoms with Crippen molar-refractivity contribution in [1.82, 2.24) is 10.2 Å². The summed E-state index contributed by atoms with van der Waals surface area (Å²) in [7, 11) is 3.22. The van der Waals surface area contributed by atoms with Gasteiger partial charge in [0.2, 0.25) is 0 Å². The normalized spacial score (nSPS) is 15.2. The van der Waals surface area contributed by atoms with Crippen molar-refractivity contribution in [3.8, 4) is 0 Å². The topological polar surface area (TPSA) is 166 Å². The number of benzene rings is 2. The minimum Gasteiger partial charge on any atom is -0.460 e. The SMILES string of the molecule is COCCOC(=O)C1=C(C)N(C)C(=S)NC1c1ccc(NC(=O)c2cc([N+](=O)[O-])cc([N+](=O)[O-])c2)cc1. The Bertz CT molecular complexity index is 1260. The summed E-state index contributed by atoms with van der Waals surface area (Å²) in [6.07, 6.45) is 0. The number of nitro benzene ring substituents is 2. The molecule has 2 aromatic carbocycles. The van der Waals surface area contributed by atoms with Gasteiger partial charge in [0.1, 0.15) is 6.61 Å². The van der Waals surface area contributed by atoms with Crippen molar-refractivity contribution >= 4 is 46.3 Å². The van der Waals surface area contributed by atoms with E-state index in [0.29, 0.717) is 27.6 Å². The fourth-order valence-corrected chi connectivity index (χ4v) is 3.80. The lowest BCUT2D eigenvalue weighted by Crippen LogP contribution is -2.46. The number of nitrogens with one attached hydrogen (secondary N) is 2. The van der Waals surface area contributed by atoms with Gasteiger partial charge in [-0.05, 0) is 36.8 Å². The van der Waals surface area contributed by atoms with Crippen LogP contribution in [0.2, 0.25) is 0 Å². The molecule has 0 bridgehead atoms. The molecule has 0 saturated heterocycles. The van der Waals surface area contributed by atoms with Crippen LogP contribution >= 0.6 is 12.2 Å². The van der Waals surface area contributed by atoms with Gasteiger partial charge in [0, 0.05) is 37.7 Å². The van der Waals surface area contributed by atoms with E-state index < -0.39 is 39.1 Å². The first-order valence-electron chi connectivity index (χ1n) is 10.8. The zero-order valence-electron chi connectivity index (χ0n) is 20.0. The third kappa shape index (κ3) is 6.23. The number of amides is 1. The number of ether oxygens (including phenoxy) is 2. The lowest BCUT2D eigenvalue weighted by atomic mass is 9.95. The minimum absolute atomic E-state index is 0.0772. The molecule has 2 N–H and O–H groups in total. The van der Waals surface area contributed by atoms with Crippen molar-refractivity contribution in [2.24, 2.45) is 0 Å². The molecule has 0 aliphatic carbocycles. The first-order valence-corrected chi connectivity index (χ1v) is 11.2. The zero-order valence-corrected chi connectivity index (χ0v) is 20.9. The Morgan fingerprint density at radius 1 is 1.08 bits per heavy atom. The number of hydrogen-bond acceptors (Lipinski definition) is 9. The number of allylic oxidation sites excluding steroid dienone is 1. The molecule has 1 atom stereocenters. The number of anilines is 1. The van der Waals surface area contributed by atoms with Crippen molar-refractivity contribution in [1.29, 1.82) is 0 Å². The maximum atomic E-state index is 12.8. The Labute approximate surface area is 216 Å². The average molecular weight is 530 g/mol. The molecule has 3 rings (SSSR count). The first-order chi connectivity index (χ1) is 17.5. The van der Waals surface area contributed by atoms with Crippen molar-refractivity contribution in [3.05, 3.63) is 85.1 Å². The van der Waals surface area contributed by atoms with E-state index in [4.69, 9.17) is 21.7 Å². The largest absolute Gasteiger partial charge is 0.460 e. The number of esters is 1. The highest BCUT2D eigenvalue weighted by atomic mass is 32.1. The summed E-state index contributed by atoms with van der Waals surface area (Å²) in [6, 6.07) is 8.50. The van der Waals surface area contributed by atoms with Crippen LogP contribution in [0.5, 0.6) is 0 Å². The number of hydrogen-bond donors (Lipinski definition) is 2. The number of methoxy groups -OCH3 is 1. The number of carbonyl (C=O) groups is 2. The molecule has 14 heteroatoms. The Morgan fingerprint density at radius 3 is 2.22 bits per heavy atom. The molecule has 1 heterocycles. The number of non-ortho nitro benzene ring substituents is 2. The van der Waals surface area contributed by atoms with Crippen molar-refractivity contribution in [3.63, 3.8) is 0 Å². The van der Waals surface area contributed by atoms with Gasteiger partial charge >= 0.3 is 5.97 Å². The predicted molar refractivity (Wildman–Crippen MR) is 136 cm³/mol. The number of carbonyl (C=O) groups excluding carboxylic acids is 2. The number of rotatable bonds is 9. The van der Waals surface area contributed by atoms with Crippen molar-refractivity contribution in [2.75, 3.05) is 32.7 Å². The molecule has 2 aromatic rings. The molecule has 0 radical (unpaired) electrons. The molecule has 1 aliphatic heterocycles. The average Bonchev–Trinajstić information content (AvgIpc) is 2.87. The number of nitrogens with zero attached hydrogens (tertiary/aromatic N) is 3. The van der Waals surface area contributed by atoms with Crippen LogP contribution in [0.3, 0.4) is 0 Å². The van der Waals surface area contributed by atoms with Gasteiger partial charge in [0.15, 0.2) is 5.11 Å². The monoisotopic (exact) mass is 529 g/mol. The Balaban J connectivity index is 1.85. The van der Waals surface area contributed by atoms with Crippen LogP contribution in [0.1, 0.15) is 28.9 Å². The highest BCUT2D eigenvalue weighted by Gasteiger charge is 2.33. The van der Waals surface area contributed by atoms with E-state index in [1.165, 1.54) is 7.11 Å². The van der Waals surface area contributed by atoms with Gasteiger partial charge in [-0.15, -0.1) is 0 Å². The second kappa shape index (κ2) is 11.5. The smallest absolute Gasteiger partial charge is 0.338 e. The number of nitro groups is 2. The molecule has 1 amide bonds. The Morgan fingerprint density at radius 2 is 1.68 bits per heavy atom. The molecular formula is C23H23N5O8S. The van der Waals surface area contributed by atoms with Gasteiger partial charge in [-0.25, -0.2) is 4.79 Å². The molecule has 1 unspecified atom stereocenters. The van der Waals surface area contributed by atoms with Gasteiger partial charge in [-0.3, -0.25) is 25.0 Å². The minimum atomic E-state index is -0.814. The highest BCUT2D eigenvalue weighted by Crippen LogP contribution is 2.31. The summed E-state index contributed by atoms with van der Waals surface area (Å²) in [5, 5.41) is 28.3. The van der Waals surface area contributed by atoms with Gasteiger partial charge in [-0.2, -0.15) is 0 Å². The summed E-state index contributed by atoms with van der Waals surface area (Å²) in [5.41, 5.74) is 0.540. The van der Waals surface area contributed by atoms with Crippen LogP contribution in [0.15, 0.2) is 53.7 Å². The number of thiocarbonyl (C=S) groups is 1. The summed E-state index contributed by atoms with van der Waals surface area (Å²) in [5.74, 6) is -1.30. The van der Waals surface area contributed by atoms with Crippen molar-refractivity contribution < 1.29 is 28.9 Å². The Kier molecular flexibility index (Phi) is 8.47. The van der Waals surface area contributed by atoms with Gasteiger partial charge in [0.25, 0.3) is 17.3 Å². The van der Waals surface area contributed by atoms with Gasteiger partial charge in [0.05, 0.1) is 39.7 Å². The third-order valence-corrected chi connectivity index (χ3v) is 5.97. The summed E-state index contributed by atoms with van der Waals surface area (Å²) in [6.45, 7) is 2.07. The second-order valence-corrected chi connectivity index (χ2v) is 8.28. The summed E-state index contributed by atoms with van der Waals surface area (Å²) >= 11 is 5.38. The molecule has 37 heavy (non-hydrogen) atoms. The van der Waals surface area contributed by atoms with Crippen LogP contribution in [0.4, 0.5) is 17.1 Å². The fourth-order valence-electron chi connectivity index (χ4n) is 3.54. The molecule has 0 spiro atoms. The first kappa shape index (κ1) is 27.2.